The second-order valence-corrected chi connectivity index (χ2v) is 4.90. The largest absolute Gasteiger partial charge is 0.467 e. The summed E-state index contributed by atoms with van der Waals surface area (Å²) in [4.78, 5) is 25.6. The van der Waals surface area contributed by atoms with Gasteiger partial charge in [-0.15, -0.1) is 0 Å². The molecule has 2 heterocycles. The van der Waals surface area contributed by atoms with Gasteiger partial charge in [-0.05, 0) is 25.0 Å². The summed E-state index contributed by atoms with van der Waals surface area (Å²) in [6.45, 7) is 5.81. The second kappa shape index (κ2) is 4.84. The molecular weight excluding hydrogens is 232 g/mol. The van der Waals surface area contributed by atoms with Crippen LogP contribution in [-0.2, 0) is 9.59 Å². The molecule has 1 fully saturated rings. The molecule has 1 aromatic heterocycles. The monoisotopic (exact) mass is 250 g/mol. The van der Waals surface area contributed by atoms with E-state index < -0.39 is 6.04 Å². The van der Waals surface area contributed by atoms with Crippen molar-refractivity contribution in [1.29, 1.82) is 0 Å². The van der Waals surface area contributed by atoms with Crippen LogP contribution in [0.3, 0.4) is 0 Å². The SMILES string of the molecule is CC(C)C1C(=O)NCC(=O)N1C(C)c1ccco1. The Bertz CT molecular complexity index is 439. The Morgan fingerprint density at radius 2 is 2.11 bits per heavy atom. The molecule has 0 saturated carbocycles. The minimum atomic E-state index is -0.439. The van der Waals surface area contributed by atoms with Gasteiger partial charge in [0.05, 0.1) is 18.8 Å². The van der Waals surface area contributed by atoms with Gasteiger partial charge in [0.15, 0.2) is 0 Å². The number of hydrogen-bond acceptors (Lipinski definition) is 3. The highest BCUT2D eigenvalue weighted by Gasteiger charge is 2.40. The molecule has 18 heavy (non-hydrogen) atoms. The van der Waals surface area contributed by atoms with E-state index in [1.54, 1.807) is 17.2 Å². The normalized spacial score (nSPS) is 22.2. The van der Waals surface area contributed by atoms with Gasteiger partial charge in [0, 0.05) is 0 Å². The number of amides is 2. The zero-order valence-electron chi connectivity index (χ0n) is 10.8. The molecule has 5 nitrogen and oxygen atoms in total. The third kappa shape index (κ3) is 2.12. The maximum Gasteiger partial charge on any atom is 0.243 e. The topological polar surface area (TPSA) is 62.6 Å². The molecule has 1 aliphatic heterocycles. The van der Waals surface area contributed by atoms with E-state index >= 15 is 0 Å². The van der Waals surface area contributed by atoms with Gasteiger partial charge in [-0.25, -0.2) is 0 Å². The molecule has 1 saturated heterocycles. The first kappa shape index (κ1) is 12.7. The van der Waals surface area contributed by atoms with E-state index in [4.69, 9.17) is 4.42 Å². The number of hydrogen-bond donors (Lipinski definition) is 1. The van der Waals surface area contributed by atoms with Crippen molar-refractivity contribution in [2.45, 2.75) is 32.9 Å². The van der Waals surface area contributed by atoms with E-state index in [1.807, 2.05) is 26.8 Å². The summed E-state index contributed by atoms with van der Waals surface area (Å²) in [6.07, 6.45) is 1.57. The predicted molar refractivity (Wildman–Crippen MR) is 65.6 cm³/mol. The van der Waals surface area contributed by atoms with Crippen molar-refractivity contribution < 1.29 is 14.0 Å². The fourth-order valence-corrected chi connectivity index (χ4v) is 2.39. The zero-order chi connectivity index (χ0) is 13.3. The number of rotatable bonds is 3. The van der Waals surface area contributed by atoms with Crippen molar-refractivity contribution in [3.05, 3.63) is 24.2 Å². The summed E-state index contributed by atoms with van der Waals surface area (Å²) in [5.74, 6) is 0.593. The second-order valence-electron chi connectivity index (χ2n) is 4.90. The minimum Gasteiger partial charge on any atom is -0.467 e. The highest BCUT2D eigenvalue weighted by Crippen LogP contribution is 2.27. The number of piperazine rings is 1. The number of carbonyl (C=O) groups excluding carboxylic acids is 2. The van der Waals surface area contributed by atoms with Crippen molar-refractivity contribution >= 4 is 11.8 Å². The molecule has 98 valence electrons. The summed E-state index contributed by atoms with van der Waals surface area (Å²) >= 11 is 0. The zero-order valence-corrected chi connectivity index (χ0v) is 10.8. The molecule has 2 atom stereocenters. The van der Waals surface area contributed by atoms with Crippen LogP contribution < -0.4 is 5.32 Å². The molecular formula is C13H18N2O3. The Labute approximate surface area is 106 Å². The first-order valence-corrected chi connectivity index (χ1v) is 6.14. The molecule has 1 N–H and O–H groups in total. The molecule has 0 aliphatic carbocycles. The van der Waals surface area contributed by atoms with Gasteiger partial charge in [0.1, 0.15) is 11.8 Å². The van der Waals surface area contributed by atoms with Crippen molar-refractivity contribution in [2.75, 3.05) is 6.54 Å². The standard InChI is InChI=1S/C13H18N2O3/c1-8(2)12-13(17)14-7-11(16)15(12)9(3)10-5-4-6-18-10/h4-6,8-9,12H,7H2,1-3H3,(H,14,17). The maximum atomic E-state index is 12.1. The molecule has 2 rings (SSSR count). The van der Waals surface area contributed by atoms with Crippen LogP contribution >= 0.6 is 0 Å². The first-order valence-electron chi connectivity index (χ1n) is 6.14. The minimum absolute atomic E-state index is 0.0617. The van der Waals surface area contributed by atoms with Crippen LogP contribution in [0.15, 0.2) is 22.8 Å². The van der Waals surface area contributed by atoms with Crippen molar-refractivity contribution in [2.24, 2.45) is 5.92 Å². The molecule has 2 unspecified atom stereocenters. The molecule has 1 aliphatic rings. The van der Waals surface area contributed by atoms with E-state index in [-0.39, 0.29) is 30.3 Å². The van der Waals surface area contributed by atoms with Crippen LogP contribution in [0.5, 0.6) is 0 Å². The van der Waals surface area contributed by atoms with Crippen LogP contribution in [0.25, 0.3) is 0 Å². The van der Waals surface area contributed by atoms with Gasteiger partial charge >= 0.3 is 0 Å². The highest BCUT2D eigenvalue weighted by atomic mass is 16.3. The molecule has 2 amide bonds. The van der Waals surface area contributed by atoms with Crippen LogP contribution in [-0.4, -0.2) is 29.3 Å². The Morgan fingerprint density at radius 3 is 2.67 bits per heavy atom. The van der Waals surface area contributed by atoms with Gasteiger partial charge in [-0.1, -0.05) is 13.8 Å². The van der Waals surface area contributed by atoms with Crippen LogP contribution in [0.1, 0.15) is 32.6 Å². The lowest BCUT2D eigenvalue weighted by molar-refractivity contribution is -0.150. The third-order valence-electron chi connectivity index (χ3n) is 3.27. The van der Waals surface area contributed by atoms with Crippen molar-refractivity contribution in [3.8, 4) is 0 Å². The van der Waals surface area contributed by atoms with Crippen LogP contribution in [0.2, 0.25) is 0 Å². The van der Waals surface area contributed by atoms with E-state index in [2.05, 4.69) is 5.32 Å². The van der Waals surface area contributed by atoms with Gasteiger partial charge in [-0.2, -0.15) is 0 Å². The summed E-state index contributed by atoms with van der Waals surface area (Å²) in [5, 5.41) is 2.63. The predicted octanol–water partition coefficient (Wildman–Crippen LogP) is 1.32. The Hall–Kier alpha value is -1.78. The van der Waals surface area contributed by atoms with E-state index in [0.717, 1.165) is 0 Å². The Balaban J connectivity index is 2.31. The summed E-state index contributed by atoms with van der Waals surface area (Å²) in [7, 11) is 0. The van der Waals surface area contributed by atoms with Gasteiger partial charge < -0.3 is 14.6 Å². The van der Waals surface area contributed by atoms with Gasteiger partial charge in [0.2, 0.25) is 11.8 Å². The fourth-order valence-electron chi connectivity index (χ4n) is 2.39. The lowest BCUT2D eigenvalue weighted by Crippen LogP contribution is -2.60. The van der Waals surface area contributed by atoms with E-state index in [0.29, 0.717) is 5.76 Å². The molecule has 5 heteroatoms. The fraction of sp³-hybridized carbons (Fsp3) is 0.538. The van der Waals surface area contributed by atoms with Crippen molar-refractivity contribution in [1.82, 2.24) is 10.2 Å². The summed E-state index contributed by atoms with van der Waals surface area (Å²) in [5.41, 5.74) is 0. The van der Waals surface area contributed by atoms with E-state index in [1.165, 1.54) is 0 Å². The lowest BCUT2D eigenvalue weighted by atomic mass is 9.97. The lowest BCUT2D eigenvalue weighted by Gasteiger charge is -2.40. The number of nitrogens with zero attached hydrogens (tertiary/aromatic N) is 1. The first-order chi connectivity index (χ1) is 8.52. The molecule has 1 aromatic rings. The molecule has 0 spiro atoms. The molecule has 0 aromatic carbocycles. The summed E-state index contributed by atoms with van der Waals surface area (Å²) in [6, 6.07) is 2.93. The Kier molecular flexibility index (Phi) is 3.41. The number of carbonyl (C=O) groups is 2. The molecule has 0 radical (unpaired) electrons. The number of nitrogens with one attached hydrogen (secondary N) is 1. The summed E-state index contributed by atoms with van der Waals surface area (Å²) < 4.78 is 5.33. The Morgan fingerprint density at radius 1 is 1.39 bits per heavy atom. The quantitative estimate of drug-likeness (QED) is 0.880. The van der Waals surface area contributed by atoms with Gasteiger partial charge in [-0.3, -0.25) is 9.59 Å². The van der Waals surface area contributed by atoms with Crippen LogP contribution in [0.4, 0.5) is 0 Å². The van der Waals surface area contributed by atoms with Crippen LogP contribution in [0, 0.1) is 5.92 Å². The van der Waals surface area contributed by atoms with E-state index in [9.17, 15) is 9.59 Å². The smallest absolute Gasteiger partial charge is 0.243 e. The number of furan rings is 1. The average Bonchev–Trinajstić information content (AvgIpc) is 2.84. The average molecular weight is 250 g/mol. The maximum absolute atomic E-state index is 12.1. The van der Waals surface area contributed by atoms with Gasteiger partial charge in [0.25, 0.3) is 0 Å². The third-order valence-corrected chi connectivity index (χ3v) is 3.27. The highest BCUT2D eigenvalue weighted by molar-refractivity contribution is 5.95. The van der Waals surface area contributed by atoms with Crippen molar-refractivity contribution in [3.63, 3.8) is 0 Å². The molecule has 0 bridgehead atoms.